The van der Waals surface area contributed by atoms with Crippen LogP contribution in [0.25, 0.3) is 11.3 Å². The Kier molecular flexibility index (Phi) is 5.25. The molecule has 0 aliphatic rings. The number of rotatable bonds is 3. The number of aromatic nitrogens is 2. The number of carbonyl (C=O) groups is 1. The molecule has 1 aromatic heterocycles. The van der Waals surface area contributed by atoms with Crippen LogP contribution in [0, 0.1) is 5.82 Å². The predicted octanol–water partition coefficient (Wildman–Crippen LogP) is 3.11. The lowest BCUT2D eigenvalue weighted by Gasteiger charge is -2.06. The van der Waals surface area contributed by atoms with Crippen molar-refractivity contribution in [2.45, 2.75) is 0 Å². The second kappa shape index (κ2) is 7.58. The zero-order chi connectivity index (χ0) is 15.8. The largest absolute Gasteiger partial charge is 0.457 e. The Morgan fingerprint density at radius 3 is 2.09 bits per heavy atom. The van der Waals surface area contributed by atoms with E-state index >= 15 is 0 Å². The van der Waals surface area contributed by atoms with Crippen LogP contribution >= 0.6 is 0 Å². The number of carbonyl (C=O) groups excluding carboxylic acids is 1. The van der Waals surface area contributed by atoms with E-state index in [9.17, 15) is 4.39 Å². The molecule has 0 saturated carbocycles. The molecule has 1 amide bonds. The topological polar surface area (TPSA) is 81.0 Å². The molecule has 0 saturated heterocycles. The van der Waals surface area contributed by atoms with Crippen LogP contribution in [0.5, 0.6) is 11.5 Å². The number of primary amides is 1. The van der Waals surface area contributed by atoms with Gasteiger partial charge in [0.25, 0.3) is 0 Å². The molecule has 0 spiro atoms. The number of nitrogens with two attached hydrogens (primary N) is 1. The van der Waals surface area contributed by atoms with Crippen molar-refractivity contribution in [3.63, 3.8) is 0 Å². The first kappa shape index (κ1) is 15.2. The van der Waals surface area contributed by atoms with Gasteiger partial charge in [0.2, 0.25) is 6.41 Å². The maximum absolute atomic E-state index is 12.8. The summed E-state index contributed by atoms with van der Waals surface area (Å²) in [7, 11) is 0. The minimum Gasteiger partial charge on any atom is -0.457 e. The molecular weight excluding hydrogens is 285 g/mol. The molecule has 3 rings (SSSR count). The number of H-pyrrole nitrogens is 1. The molecule has 0 atom stereocenters. The van der Waals surface area contributed by atoms with Gasteiger partial charge in [-0.3, -0.25) is 4.79 Å². The summed E-state index contributed by atoms with van der Waals surface area (Å²) in [4.78, 5) is 15.6. The molecule has 0 aliphatic carbocycles. The summed E-state index contributed by atoms with van der Waals surface area (Å²) in [5.74, 6) is 1.03. The van der Waals surface area contributed by atoms with Gasteiger partial charge in [-0.15, -0.1) is 0 Å². The summed E-state index contributed by atoms with van der Waals surface area (Å²) >= 11 is 0. The maximum Gasteiger partial charge on any atom is 0.204 e. The number of halogens is 1. The fraction of sp³-hybridized carbons (Fsp3) is 0. The van der Waals surface area contributed by atoms with E-state index in [1.165, 1.54) is 12.1 Å². The molecular formula is C16H14FN3O2. The third-order valence-corrected chi connectivity index (χ3v) is 2.71. The van der Waals surface area contributed by atoms with E-state index in [4.69, 9.17) is 9.53 Å². The van der Waals surface area contributed by atoms with Crippen LogP contribution in [0.15, 0.2) is 61.1 Å². The molecule has 22 heavy (non-hydrogen) atoms. The zero-order valence-electron chi connectivity index (χ0n) is 11.6. The Morgan fingerprint density at radius 2 is 1.59 bits per heavy atom. The van der Waals surface area contributed by atoms with Gasteiger partial charge in [-0.1, -0.05) is 0 Å². The van der Waals surface area contributed by atoms with Crippen molar-refractivity contribution in [3.05, 3.63) is 66.9 Å². The lowest BCUT2D eigenvalue weighted by atomic mass is 10.2. The van der Waals surface area contributed by atoms with E-state index in [2.05, 4.69) is 15.7 Å². The highest BCUT2D eigenvalue weighted by molar-refractivity contribution is 5.59. The quantitative estimate of drug-likeness (QED) is 0.729. The second-order valence-electron chi connectivity index (χ2n) is 4.18. The number of imidazole rings is 1. The van der Waals surface area contributed by atoms with Crippen molar-refractivity contribution in [2.75, 3.05) is 0 Å². The highest BCUT2D eigenvalue weighted by Gasteiger charge is 2.01. The summed E-state index contributed by atoms with van der Waals surface area (Å²) in [6.45, 7) is 0. The molecule has 0 radical (unpaired) electrons. The Balaban J connectivity index is 0.000000545. The molecule has 2 aromatic carbocycles. The maximum atomic E-state index is 12.8. The standard InChI is InChI=1S/C15H11FN2O.CH3NO/c16-12-3-7-14(8-4-12)19-13-5-1-11(2-6-13)15-9-17-10-18-15;2-1-3/h1-10H,(H,17,18);1H,(H2,2,3). The first-order valence-electron chi connectivity index (χ1n) is 6.40. The lowest BCUT2D eigenvalue weighted by Crippen LogP contribution is -1.85. The molecule has 1 heterocycles. The Morgan fingerprint density at radius 1 is 1.05 bits per heavy atom. The van der Waals surface area contributed by atoms with Gasteiger partial charge in [0.05, 0.1) is 18.2 Å². The monoisotopic (exact) mass is 299 g/mol. The smallest absolute Gasteiger partial charge is 0.204 e. The van der Waals surface area contributed by atoms with Crippen LogP contribution in [0.1, 0.15) is 0 Å². The first-order chi connectivity index (χ1) is 10.7. The zero-order valence-corrected chi connectivity index (χ0v) is 11.6. The van der Waals surface area contributed by atoms with Gasteiger partial charge in [-0.2, -0.15) is 0 Å². The third-order valence-electron chi connectivity index (χ3n) is 2.71. The Labute approximate surface area is 126 Å². The highest BCUT2D eigenvalue weighted by atomic mass is 19.1. The number of benzene rings is 2. The van der Waals surface area contributed by atoms with Gasteiger partial charge < -0.3 is 15.5 Å². The fourth-order valence-electron chi connectivity index (χ4n) is 1.76. The van der Waals surface area contributed by atoms with Crippen LogP contribution < -0.4 is 10.5 Å². The summed E-state index contributed by atoms with van der Waals surface area (Å²) in [5.41, 5.74) is 6.15. The number of nitrogens with zero attached hydrogens (tertiary/aromatic N) is 1. The van der Waals surface area contributed by atoms with Gasteiger partial charge in [0, 0.05) is 0 Å². The van der Waals surface area contributed by atoms with E-state index in [0.717, 1.165) is 11.3 Å². The molecule has 0 bridgehead atoms. The predicted molar refractivity (Wildman–Crippen MR) is 80.7 cm³/mol. The van der Waals surface area contributed by atoms with Gasteiger partial charge in [-0.25, -0.2) is 9.37 Å². The Hall–Kier alpha value is -3.15. The molecule has 3 aromatic rings. The lowest BCUT2D eigenvalue weighted by molar-refractivity contribution is -0.106. The SMILES string of the molecule is Fc1ccc(Oc2ccc(-c3cnc[nH]3)cc2)cc1.NC=O. The average molecular weight is 299 g/mol. The molecule has 5 nitrogen and oxygen atoms in total. The van der Waals surface area contributed by atoms with Crippen LogP contribution in [-0.2, 0) is 4.79 Å². The summed E-state index contributed by atoms with van der Waals surface area (Å²) < 4.78 is 18.4. The van der Waals surface area contributed by atoms with Crippen molar-refractivity contribution in [1.82, 2.24) is 9.97 Å². The van der Waals surface area contributed by atoms with E-state index in [0.29, 0.717) is 11.5 Å². The number of aromatic amines is 1. The second-order valence-corrected chi connectivity index (χ2v) is 4.18. The summed E-state index contributed by atoms with van der Waals surface area (Å²) in [5, 5.41) is 0. The molecule has 112 valence electrons. The average Bonchev–Trinajstić information content (AvgIpc) is 3.06. The highest BCUT2D eigenvalue weighted by Crippen LogP contribution is 2.24. The van der Waals surface area contributed by atoms with Crippen LogP contribution in [-0.4, -0.2) is 16.4 Å². The molecule has 0 fully saturated rings. The van der Waals surface area contributed by atoms with E-state index in [1.807, 2.05) is 24.3 Å². The van der Waals surface area contributed by atoms with Gasteiger partial charge in [0.15, 0.2) is 0 Å². The van der Waals surface area contributed by atoms with Crippen LogP contribution in [0.4, 0.5) is 4.39 Å². The van der Waals surface area contributed by atoms with Crippen LogP contribution in [0.2, 0.25) is 0 Å². The molecule has 6 heteroatoms. The van der Waals surface area contributed by atoms with Crippen molar-refractivity contribution < 1.29 is 13.9 Å². The number of hydrogen-bond donors (Lipinski definition) is 2. The first-order valence-corrected chi connectivity index (χ1v) is 6.40. The molecule has 0 unspecified atom stereocenters. The van der Waals surface area contributed by atoms with Crippen molar-refractivity contribution in [1.29, 1.82) is 0 Å². The summed E-state index contributed by atoms with van der Waals surface area (Å²) in [6, 6.07) is 13.5. The molecule has 3 N–H and O–H groups in total. The fourth-order valence-corrected chi connectivity index (χ4v) is 1.76. The third kappa shape index (κ3) is 4.17. The van der Waals surface area contributed by atoms with Crippen molar-refractivity contribution >= 4 is 6.41 Å². The van der Waals surface area contributed by atoms with E-state index < -0.39 is 0 Å². The number of ether oxygens (including phenoxy) is 1. The van der Waals surface area contributed by atoms with Crippen LogP contribution in [0.3, 0.4) is 0 Å². The number of hydrogen-bond acceptors (Lipinski definition) is 3. The van der Waals surface area contributed by atoms with E-state index in [-0.39, 0.29) is 12.2 Å². The van der Waals surface area contributed by atoms with Crippen molar-refractivity contribution in [3.8, 4) is 22.8 Å². The summed E-state index contributed by atoms with van der Waals surface area (Å²) in [6.07, 6.45) is 3.65. The van der Waals surface area contributed by atoms with Gasteiger partial charge in [-0.05, 0) is 54.1 Å². The van der Waals surface area contributed by atoms with Crippen molar-refractivity contribution in [2.24, 2.45) is 5.73 Å². The number of nitrogens with one attached hydrogen (secondary N) is 1. The minimum atomic E-state index is -0.276. The normalized spacial score (nSPS) is 9.50. The number of amides is 1. The molecule has 0 aliphatic heterocycles. The van der Waals surface area contributed by atoms with E-state index in [1.54, 1.807) is 24.7 Å². The van der Waals surface area contributed by atoms with Gasteiger partial charge in [0.1, 0.15) is 17.3 Å². The minimum absolute atomic E-state index is 0.250. The Bertz CT molecular complexity index is 695. The van der Waals surface area contributed by atoms with Gasteiger partial charge >= 0.3 is 0 Å².